The molecule has 0 saturated heterocycles. The Balaban J connectivity index is 5.46. The van der Waals surface area contributed by atoms with Crippen molar-refractivity contribution in [1.82, 2.24) is 0 Å². The first kappa shape index (κ1) is 15.2. The summed E-state index contributed by atoms with van der Waals surface area (Å²) in [5.74, 6) is -1.29. The summed E-state index contributed by atoms with van der Waals surface area (Å²) in [5.41, 5.74) is -0.721. The van der Waals surface area contributed by atoms with Crippen LogP contribution in [0.4, 0.5) is 0 Å². The normalized spacial score (nSPS) is 11.2. The van der Waals surface area contributed by atoms with E-state index in [4.69, 9.17) is 0 Å². The van der Waals surface area contributed by atoms with Gasteiger partial charge in [0.1, 0.15) is 0 Å². The van der Waals surface area contributed by atoms with Crippen molar-refractivity contribution in [3.8, 4) is 0 Å². The topological polar surface area (TPSA) is 52.6 Å². The van der Waals surface area contributed by atoms with E-state index in [0.717, 1.165) is 0 Å². The van der Waals surface area contributed by atoms with Crippen LogP contribution in [0.3, 0.4) is 0 Å². The van der Waals surface area contributed by atoms with Crippen LogP contribution in [0.15, 0.2) is 22.3 Å². The summed E-state index contributed by atoms with van der Waals surface area (Å²) in [6.45, 7) is 5.44. The molecule has 0 saturated carbocycles. The van der Waals surface area contributed by atoms with Crippen molar-refractivity contribution in [1.29, 1.82) is 0 Å². The highest BCUT2D eigenvalue weighted by molar-refractivity contribution is 14.1. The molecular weight excluding hydrogens is 323 g/mol. The van der Waals surface area contributed by atoms with Gasteiger partial charge >= 0.3 is 11.9 Å². The lowest BCUT2D eigenvalue weighted by Gasteiger charge is -2.24. The number of allylic oxidation sites excluding steroid dienone is 1. The van der Waals surface area contributed by atoms with E-state index in [1.54, 1.807) is 11.0 Å². The quantitative estimate of drug-likeness (QED) is 0.334. The van der Waals surface area contributed by atoms with Crippen LogP contribution in [-0.4, -0.2) is 26.2 Å². The van der Waals surface area contributed by atoms with E-state index in [1.165, 1.54) is 20.3 Å². The maximum Gasteiger partial charge on any atom is 0.327 e. The molecule has 0 atom stereocenters. The lowest BCUT2D eigenvalue weighted by atomic mass is 9.82. The van der Waals surface area contributed by atoms with E-state index in [9.17, 15) is 9.59 Å². The number of carbonyl (C=O) groups is 2. The second-order valence-corrected chi connectivity index (χ2v) is 4.10. The lowest BCUT2D eigenvalue weighted by molar-refractivity contribution is -0.165. The van der Waals surface area contributed by atoms with Crippen molar-refractivity contribution in [2.75, 3.05) is 14.2 Å². The molecule has 0 N–H and O–H groups in total. The van der Waals surface area contributed by atoms with E-state index < -0.39 is 17.4 Å². The van der Waals surface area contributed by atoms with Crippen LogP contribution in [0.1, 0.15) is 13.3 Å². The van der Waals surface area contributed by atoms with Crippen molar-refractivity contribution in [2.45, 2.75) is 13.3 Å². The van der Waals surface area contributed by atoms with Crippen molar-refractivity contribution in [2.24, 2.45) is 5.41 Å². The Kier molecular flexibility index (Phi) is 6.32. The Labute approximate surface area is 109 Å². The Morgan fingerprint density at radius 1 is 1.31 bits per heavy atom. The van der Waals surface area contributed by atoms with E-state index >= 15 is 0 Å². The Bertz CT molecular complexity index is 304. The summed E-state index contributed by atoms with van der Waals surface area (Å²) < 4.78 is 10.9. The van der Waals surface area contributed by atoms with Gasteiger partial charge in [0.05, 0.1) is 14.2 Å². The molecule has 0 aromatic heterocycles. The molecule has 0 unspecified atom stereocenters. The molecule has 5 heteroatoms. The maximum atomic E-state index is 11.7. The Morgan fingerprint density at radius 2 is 1.75 bits per heavy atom. The number of ether oxygens (including phenoxy) is 2. The van der Waals surface area contributed by atoms with Gasteiger partial charge in [-0.25, -0.2) is 0 Å². The standard InChI is InChI=1S/C11H15IO4/c1-8(2)7-11(5-6-12,9(13)15-3)10(14)16-4/h5-6H,1,7H2,2-4H3/b6-5+. The number of carbonyl (C=O) groups excluding carboxylic acids is 2. The molecule has 0 heterocycles. The van der Waals surface area contributed by atoms with Gasteiger partial charge in [0.2, 0.25) is 0 Å². The average Bonchev–Trinajstić information content (AvgIpc) is 2.25. The van der Waals surface area contributed by atoms with Crippen molar-refractivity contribution in [3.05, 3.63) is 22.3 Å². The van der Waals surface area contributed by atoms with Gasteiger partial charge in [-0.1, -0.05) is 28.2 Å². The number of hydrogen-bond donors (Lipinski definition) is 0. The average molecular weight is 338 g/mol. The van der Waals surface area contributed by atoms with Crippen LogP contribution in [-0.2, 0) is 19.1 Å². The molecule has 0 aromatic rings. The third-order valence-corrected chi connectivity index (χ3v) is 2.39. The molecule has 0 spiro atoms. The number of hydrogen-bond acceptors (Lipinski definition) is 4. The van der Waals surface area contributed by atoms with E-state index in [0.29, 0.717) is 5.57 Å². The zero-order valence-electron chi connectivity index (χ0n) is 9.58. The highest BCUT2D eigenvalue weighted by atomic mass is 127. The minimum absolute atomic E-state index is 0.172. The van der Waals surface area contributed by atoms with Gasteiger partial charge in [-0.2, -0.15) is 0 Å². The fourth-order valence-electron chi connectivity index (χ4n) is 1.37. The second-order valence-electron chi connectivity index (χ2n) is 3.38. The van der Waals surface area contributed by atoms with E-state index in [-0.39, 0.29) is 6.42 Å². The lowest BCUT2D eigenvalue weighted by Crippen LogP contribution is -2.39. The van der Waals surface area contributed by atoms with Crippen LogP contribution in [0, 0.1) is 5.41 Å². The minimum Gasteiger partial charge on any atom is -0.468 e. The third kappa shape index (κ3) is 3.33. The zero-order valence-corrected chi connectivity index (χ0v) is 11.7. The van der Waals surface area contributed by atoms with Gasteiger partial charge in [-0.15, -0.1) is 6.58 Å². The molecule has 0 aromatic carbocycles. The Morgan fingerprint density at radius 3 is 2.00 bits per heavy atom. The molecule has 4 nitrogen and oxygen atoms in total. The molecule has 0 rings (SSSR count). The largest absolute Gasteiger partial charge is 0.468 e. The van der Waals surface area contributed by atoms with Crippen LogP contribution in [0.25, 0.3) is 0 Å². The predicted molar refractivity (Wildman–Crippen MR) is 69.1 cm³/mol. The van der Waals surface area contributed by atoms with Gasteiger partial charge < -0.3 is 9.47 Å². The molecule has 0 radical (unpaired) electrons. The molecular formula is C11H15IO4. The molecule has 0 amide bonds. The molecule has 0 bridgehead atoms. The van der Waals surface area contributed by atoms with Crippen molar-refractivity contribution in [3.63, 3.8) is 0 Å². The highest BCUT2D eigenvalue weighted by Crippen LogP contribution is 2.31. The molecule has 0 aliphatic heterocycles. The van der Waals surface area contributed by atoms with Crippen molar-refractivity contribution >= 4 is 34.5 Å². The van der Waals surface area contributed by atoms with E-state index in [2.05, 4.69) is 16.1 Å². The van der Waals surface area contributed by atoms with Crippen LogP contribution in [0.2, 0.25) is 0 Å². The highest BCUT2D eigenvalue weighted by Gasteiger charge is 2.46. The molecule has 90 valence electrons. The molecule has 0 fully saturated rings. The number of halogens is 1. The van der Waals surface area contributed by atoms with Gasteiger partial charge in [0.25, 0.3) is 0 Å². The van der Waals surface area contributed by atoms with Crippen LogP contribution in [0.5, 0.6) is 0 Å². The predicted octanol–water partition coefficient (Wildman–Crippen LogP) is 2.23. The summed E-state index contributed by atoms with van der Waals surface area (Å²) >= 11 is 1.93. The number of esters is 2. The number of rotatable bonds is 5. The van der Waals surface area contributed by atoms with Gasteiger partial charge in [0.15, 0.2) is 5.41 Å². The monoisotopic (exact) mass is 338 g/mol. The van der Waals surface area contributed by atoms with E-state index in [1.807, 2.05) is 22.6 Å². The fourth-order valence-corrected chi connectivity index (χ4v) is 1.98. The summed E-state index contributed by atoms with van der Waals surface area (Å²) in [6.07, 6.45) is 1.64. The van der Waals surface area contributed by atoms with Gasteiger partial charge in [0, 0.05) is 0 Å². The summed E-state index contributed by atoms with van der Waals surface area (Å²) in [7, 11) is 2.47. The second kappa shape index (κ2) is 6.67. The third-order valence-electron chi connectivity index (χ3n) is 2.03. The van der Waals surface area contributed by atoms with Gasteiger partial charge in [-0.05, 0) is 23.5 Å². The van der Waals surface area contributed by atoms with Gasteiger partial charge in [-0.3, -0.25) is 9.59 Å². The first-order chi connectivity index (χ1) is 7.44. The summed E-state index contributed by atoms with van der Waals surface area (Å²) in [5, 5.41) is 0. The zero-order chi connectivity index (χ0) is 12.8. The molecule has 0 aliphatic rings. The molecule has 0 aliphatic carbocycles. The number of methoxy groups -OCH3 is 2. The fraction of sp³-hybridized carbons (Fsp3) is 0.455. The van der Waals surface area contributed by atoms with Crippen molar-refractivity contribution < 1.29 is 19.1 Å². The van der Waals surface area contributed by atoms with Crippen LogP contribution < -0.4 is 0 Å². The SMILES string of the molecule is C=C(C)CC(/C=C/I)(C(=O)OC)C(=O)OC. The first-order valence-electron chi connectivity index (χ1n) is 4.53. The minimum atomic E-state index is -1.42. The van der Waals surface area contributed by atoms with Crippen LogP contribution >= 0.6 is 22.6 Å². The summed E-state index contributed by atoms with van der Waals surface area (Å²) in [6, 6.07) is 0. The summed E-state index contributed by atoms with van der Waals surface area (Å²) in [4.78, 5) is 23.5. The maximum absolute atomic E-state index is 11.7. The smallest absolute Gasteiger partial charge is 0.327 e. The Hall–Kier alpha value is -0.850. The first-order valence-corrected chi connectivity index (χ1v) is 5.78. The molecule has 16 heavy (non-hydrogen) atoms.